The predicted octanol–water partition coefficient (Wildman–Crippen LogP) is 9.47. The Bertz CT molecular complexity index is 1310. The van der Waals surface area contributed by atoms with Gasteiger partial charge in [0.1, 0.15) is 0 Å². The van der Waals surface area contributed by atoms with Crippen LogP contribution in [-0.2, 0) is 13.6 Å². The van der Waals surface area contributed by atoms with Gasteiger partial charge in [0.25, 0.3) is 5.91 Å². The first kappa shape index (κ1) is 33.9. The fourth-order valence-electron chi connectivity index (χ4n) is 5.32. The van der Waals surface area contributed by atoms with Gasteiger partial charge in [0.05, 0.1) is 26.7 Å². The van der Waals surface area contributed by atoms with Gasteiger partial charge in [-0.25, -0.2) is 4.98 Å². The topological polar surface area (TPSA) is 71.0 Å². The standard InChI is InChI=1S/C27H34ClN5OS.C7H16/c1-4-14-29-24(34)19-9-11-23-22(16-19)32-26(33(23)3)31-21-15-18(8-10-20(21)28)17-30-25(35)27(2)12-6-5-7-13-27;1-3-5-7-6-4-2/h8-11,15-16H,4-7,12-14,17H2,1-3H3,(H,29,34)(H,30,35)(H,31,32);3-7H2,1-2H3. The molecule has 0 spiro atoms. The fourth-order valence-corrected chi connectivity index (χ4v) is 5.76. The molecule has 1 aromatic heterocycles. The van der Waals surface area contributed by atoms with Gasteiger partial charge >= 0.3 is 0 Å². The van der Waals surface area contributed by atoms with Crippen LogP contribution >= 0.6 is 23.8 Å². The number of fused-ring (bicyclic) bond motifs is 1. The number of nitrogens with one attached hydrogen (secondary N) is 3. The van der Waals surface area contributed by atoms with E-state index in [-0.39, 0.29) is 11.3 Å². The van der Waals surface area contributed by atoms with E-state index in [2.05, 4.69) is 36.7 Å². The molecule has 1 heterocycles. The van der Waals surface area contributed by atoms with E-state index in [0.717, 1.165) is 46.5 Å². The highest BCUT2D eigenvalue weighted by atomic mass is 35.5. The Balaban J connectivity index is 0.000000616. The van der Waals surface area contributed by atoms with Gasteiger partial charge in [0.15, 0.2) is 0 Å². The highest BCUT2D eigenvalue weighted by molar-refractivity contribution is 7.80. The molecule has 1 saturated carbocycles. The molecule has 1 aliphatic rings. The van der Waals surface area contributed by atoms with Crippen molar-refractivity contribution in [1.29, 1.82) is 0 Å². The SMILES string of the molecule is CCCCCCC.CCCNC(=O)c1ccc2c(c1)nc(Nc1cc(CNC(=S)C3(C)CCCCC3)ccc1Cl)n2C. The van der Waals surface area contributed by atoms with Gasteiger partial charge < -0.3 is 20.5 Å². The van der Waals surface area contributed by atoms with Crippen LogP contribution in [-0.4, -0.2) is 27.0 Å². The van der Waals surface area contributed by atoms with E-state index < -0.39 is 0 Å². The highest BCUT2D eigenvalue weighted by Gasteiger charge is 2.31. The van der Waals surface area contributed by atoms with E-state index in [1.807, 2.05) is 54.9 Å². The average molecular weight is 612 g/mol. The quantitative estimate of drug-likeness (QED) is 0.140. The summed E-state index contributed by atoms with van der Waals surface area (Å²) in [6, 6.07) is 11.5. The normalized spacial score (nSPS) is 14.1. The molecule has 0 atom stereocenters. The molecule has 1 aliphatic carbocycles. The van der Waals surface area contributed by atoms with Crippen LogP contribution in [0.3, 0.4) is 0 Å². The summed E-state index contributed by atoms with van der Waals surface area (Å²) in [5.41, 5.74) is 4.25. The van der Waals surface area contributed by atoms with Gasteiger partial charge in [-0.2, -0.15) is 0 Å². The summed E-state index contributed by atoms with van der Waals surface area (Å²) >= 11 is 12.3. The third-order valence-corrected chi connectivity index (χ3v) is 9.09. The summed E-state index contributed by atoms with van der Waals surface area (Å²) in [7, 11) is 1.94. The third-order valence-electron chi connectivity index (χ3n) is 8.12. The number of unbranched alkanes of at least 4 members (excludes halogenated alkanes) is 4. The van der Waals surface area contributed by atoms with Gasteiger partial charge in [0, 0.05) is 31.1 Å². The van der Waals surface area contributed by atoms with E-state index >= 15 is 0 Å². The first-order chi connectivity index (χ1) is 20.2. The first-order valence-corrected chi connectivity index (χ1v) is 16.6. The molecule has 42 heavy (non-hydrogen) atoms. The molecule has 0 aliphatic heterocycles. The van der Waals surface area contributed by atoms with E-state index in [1.165, 1.54) is 51.4 Å². The largest absolute Gasteiger partial charge is 0.375 e. The molecule has 0 bridgehead atoms. The van der Waals surface area contributed by atoms with Gasteiger partial charge in [-0.1, -0.05) is 109 Å². The van der Waals surface area contributed by atoms with Crippen molar-refractivity contribution in [3.63, 3.8) is 0 Å². The number of anilines is 2. The van der Waals surface area contributed by atoms with Gasteiger partial charge in [-0.15, -0.1) is 0 Å². The Morgan fingerprint density at radius 2 is 1.69 bits per heavy atom. The summed E-state index contributed by atoms with van der Waals surface area (Å²) in [5, 5.41) is 10.4. The number of benzene rings is 2. The molecular weight excluding hydrogens is 562 g/mol. The Morgan fingerprint density at radius 1 is 0.976 bits per heavy atom. The number of hydrogen-bond donors (Lipinski definition) is 3. The predicted molar refractivity (Wildman–Crippen MR) is 183 cm³/mol. The van der Waals surface area contributed by atoms with Crippen LogP contribution in [0.2, 0.25) is 5.02 Å². The van der Waals surface area contributed by atoms with Crippen molar-refractivity contribution in [3.8, 4) is 0 Å². The molecule has 3 N–H and O–H groups in total. The maximum atomic E-state index is 12.3. The Kier molecular flexibility index (Phi) is 13.6. The Hall–Kier alpha value is -2.64. The van der Waals surface area contributed by atoms with Crippen LogP contribution in [0.15, 0.2) is 36.4 Å². The van der Waals surface area contributed by atoms with Crippen LogP contribution in [0.25, 0.3) is 11.0 Å². The molecule has 6 nitrogen and oxygen atoms in total. The second-order valence-corrected chi connectivity index (χ2v) is 12.6. The first-order valence-electron chi connectivity index (χ1n) is 15.8. The number of carbonyl (C=O) groups excluding carboxylic acids is 1. The number of imidazole rings is 1. The number of thiocarbonyl (C=S) groups is 1. The molecule has 4 rings (SSSR count). The number of aromatic nitrogens is 2. The van der Waals surface area contributed by atoms with Crippen molar-refractivity contribution in [2.75, 3.05) is 11.9 Å². The number of amides is 1. The van der Waals surface area contributed by atoms with Gasteiger partial charge in [-0.05, 0) is 55.2 Å². The third kappa shape index (κ3) is 9.43. The molecule has 1 fully saturated rings. The van der Waals surface area contributed by atoms with Crippen molar-refractivity contribution >= 4 is 57.4 Å². The Labute approximate surface area is 263 Å². The monoisotopic (exact) mass is 611 g/mol. The lowest BCUT2D eigenvalue weighted by Gasteiger charge is -2.34. The number of hydrogen-bond acceptors (Lipinski definition) is 4. The van der Waals surface area contributed by atoms with Crippen molar-refractivity contribution in [1.82, 2.24) is 20.2 Å². The Morgan fingerprint density at radius 3 is 2.36 bits per heavy atom. The molecule has 0 saturated heterocycles. The summed E-state index contributed by atoms with van der Waals surface area (Å²) in [6.45, 7) is 10.1. The van der Waals surface area contributed by atoms with Crippen LogP contribution in [0.4, 0.5) is 11.6 Å². The molecule has 0 radical (unpaired) electrons. The minimum atomic E-state index is -0.0860. The van der Waals surface area contributed by atoms with Crippen molar-refractivity contribution in [3.05, 3.63) is 52.5 Å². The van der Waals surface area contributed by atoms with Crippen LogP contribution in [0, 0.1) is 5.41 Å². The lowest BCUT2D eigenvalue weighted by atomic mass is 9.75. The summed E-state index contributed by atoms with van der Waals surface area (Å²) < 4.78 is 1.96. The molecular formula is C34H50ClN5OS. The lowest BCUT2D eigenvalue weighted by Crippen LogP contribution is -2.38. The minimum Gasteiger partial charge on any atom is -0.375 e. The summed E-state index contributed by atoms with van der Waals surface area (Å²) in [5.74, 6) is 0.570. The smallest absolute Gasteiger partial charge is 0.251 e. The van der Waals surface area contributed by atoms with Gasteiger partial charge in [0.2, 0.25) is 5.95 Å². The molecule has 1 amide bonds. The van der Waals surface area contributed by atoms with Crippen LogP contribution < -0.4 is 16.0 Å². The van der Waals surface area contributed by atoms with E-state index in [4.69, 9.17) is 28.8 Å². The summed E-state index contributed by atoms with van der Waals surface area (Å²) in [6.07, 6.45) is 14.0. The van der Waals surface area contributed by atoms with E-state index in [1.54, 1.807) is 0 Å². The average Bonchev–Trinajstić information content (AvgIpc) is 3.31. The number of aryl methyl sites for hydroxylation is 1. The fraction of sp³-hybridized carbons (Fsp3) is 0.559. The maximum absolute atomic E-state index is 12.3. The number of nitrogens with zero attached hydrogens (tertiary/aromatic N) is 2. The number of carbonyl (C=O) groups is 1. The molecule has 3 aromatic rings. The van der Waals surface area contributed by atoms with Gasteiger partial charge in [-0.3, -0.25) is 4.79 Å². The molecule has 0 unspecified atom stereocenters. The second kappa shape index (κ2) is 16.9. The highest BCUT2D eigenvalue weighted by Crippen LogP contribution is 2.36. The number of halogens is 1. The molecule has 8 heteroatoms. The zero-order valence-electron chi connectivity index (χ0n) is 26.2. The molecule has 2 aromatic carbocycles. The van der Waals surface area contributed by atoms with Crippen LogP contribution in [0.1, 0.15) is 114 Å². The minimum absolute atomic E-state index is 0.0860. The molecule has 230 valence electrons. The summed E-state index contributed by atoms with van der Waals surface area (Å²) in [4.78, 5) is 18.0. The zero-order chi connectivity index (χ0) is 30.5. The van der Waals surface area contributed by atoms with Crippen molar-refractivity contribution in [2.45, 2.75) is 105 Å². The second-order valence-electron chi connectivity index (χ2n) is 11.8. The van der Waals surface area contributed by atoms with E-state index in [9.17, 15) is 4.79 Å². The van der Waals surface area contributed by atoms with Crippen molar-refractivity contribution < 1.29 is 4.79 Å². The van der Waals surface area contributed by atoms with Crippen molar-refractivity contribution in [2.24, 2.45) is 12.5 Å². The lowest BCUT2D eigenvalue weighted by molar-refractivity contribution is 0.0953. The number of rotatable bonds is 12. The van der Waals surface area contributed by atoms with E-state index in [0.29, 0.717) is 29.6 Å². The maximum Gasteiger partial charge on any atom is 0.251 e. The van der Waals surface area contributed by atoms with Crippen LogP contribution in [0.5, 0.6) is 0 Å². The zero-order valence-corrected chi connectivity index (χ0v) is 27.8.